The molecule has 0 spiro atoms. The predicted octanol–water partition coefficient (Wildman–Crippen LogP) is 3.61. The first-order valence-corrected chi connectivity index (χ1v) is 7.27. The van der Waals surface area contributed by atoms with Crippen molar-refractivity contribution >= 4 is 23.4 Å². The number of benzene rings is 2. The summed E-state index contributed by atoms with van der Waals surface area (Å²) in [4.78, 5) is 14.2. The van der Waals surface area contributed by atoms with Gasteiger partial charge in [0.15, 0.2) is 0 Å². The average molecular weight is 305 g/mol. The second-order valence-electron chi connectivity index (χ2n) is 5.48. The maximum atomic E-state index is 12.2. The lowest BCUT2D eigenvalue weighted by Gasteiger charge is -2.12. The SMILES string of the molecule is Cc1ccc(C=C(C#N)C(=O)Nc2ccc(N(C)C)cc2)cc1. The van der Waals surface area contributed by atoms with Crippen molar-refractivity contribution in [3.05, 3.63) is 65.2 Å². The summed E-state index contributed by atoms with van der Waals surface area (Å²) in [6.45, 7) is 1.99. The fourth-order valence-electron chi connectivity index (χ4n) is 2.02. The number of hydrogen-bond acceptors (Lipinski definition) is 3. The number of anilines is 2. The predicted molar refractivity (Wildman–Crippen MR) is 94.2 cm³/mol. The molecule has 0 heterocycles. The summed E-state index contributed by atoms with van der Waals surface area (Å²) in [5.41, 5.74) is 3.73. The van der Waals surface area contributed by atoms with Crippen LogP contribution in [0, 0.1) is 18.3 Å². The lowest BCUT2D eigenvalue weighted by molar-refractivity contribution is -0.112. The van der Waals surface area contributed by atoms with Crippen molar-refractivity contribution < 1.29 is 4.79 Å². The maximum absolute atomic E-state index is 12.2. The van der Waals surface area contributed by atoms with Crippen molar-refractivity contribution in [3.63, 3.8) is 0 Å². The van der Waals surface area contributed by atoms with E-state index in [0.717, 1.165) is 16.8 Å². The molecule has 2 rings (SSSR count). The average Bonchev–Trinajstić information content (AvgIpc) is 2.54. The first-order chi connectivity index (χ1) is 11.0. The number of nitriles is 1. The molecule has 0 aliphatic carbocycles. The molecule has 116 valence electrons. The highest BCUT2D eigenvalue weighted by atomic mass is 16.1. The van der Waals surface area contributed by atoms with Crippen molar-refractivity contribution in [1.82, 2.24) is 0 Å². The van der Waals surface area contributed by atoms with Crippen LogP contribution < -0.4 is 10.2 Å². The van der Waals surface area contributed by atoms with Crippen molar-refractivity contribution in [1.29, 1.82) is 5.26 Å². The van der Waals surface area contributed by atoms with Crippen LogP contribution in [0.15, 0.2) is 54.1 Å². The van der Waals surface area contributed by atoms with Gasteiger partial charge in [-0.15, -0.1) is 0 Å². The summed E-state index contributed by atoms with van der Waals surface area (Å²) >= 11 is 0. The highest BCUT2D eigenvalue weighted by molar-refractivity contribution is 6.09. The van der Waals surface area contributed by atoms with Crippen LogP contribution in [0.5, 0.6) is 0 Å². The number of rotatable bonds is 4. The number of aryl methyl sites for hydroxylation is 1. The molecular formula is C19H19N3O. The summed E-state index contributed by atoms with van der Waals surface area (Å²) in [7, 11) is 3.90. The van der Waals surface area contributed by atoms with Crippen molar-refractivity contribution in [2.45, 2.75) is 6.92 Å². The molecule has 0 bridgehead atoms. The molecular weight excluding hydrogens is 286 g/mol. The molecule has 23 heavy (non-hydrogen) atoms. The Hall–Kier alpha value is -3.06. The summed E-state index contributed by atoms with van der Waals surface area (Å²) in [6.07, 6.45) is 1.59. The van der Waals surface area contributed by atoms with E-state index in [1.54, 1.807) is 6.08 Å². The number of amides is 1. The lowest BCUT2D eigenvalue weighted by Crippen LogP contribution is -2.14. The van der Waals surface area contributed by atoms with Crippen LogP contribution in [-0.2, 0) is 4.79 Å². The fraction of sp³-hybridized carbons (Fsp3) is 0.158. The van der Waals surface area contributed by atoms with Gasteiger partial charge in [-0.1, -0.05) is 29.8 Å². The van der Waals surface area contributed by atoms with Crippen LogP contribution >= 0.6 is 0 Å². The lowest BCUT2D eigenvalue weighted by atomic mass is 10.1. The summed E-state index contributed by atoms with van der Waals surface area (Å²) in [5.74, 6) is -0.411. The number of nitrogens with one attached hydrogen (secondary N) is 1. The Labute approximate surface area is 136 Å². The van der Waals surface area contributed by atoms with Gasteiger partial charge >= 0.3 is 0 Å². The first kappa shape index (κ1) is 16.3. The van der Waals surface area contributed by atoms with Crippen LogP contribution in [0.25, 0.3) is 6.08 Å². The molecule has 1 amide bonds. The van der Waals surface area contributed by atoms with Crippen molar-refractivity contribution in [3.8, 4) is 6.07 Å². The summed E-state index contributed by atoms with van der Waals surface area (Å²) < 4.78 is 0. The van der Waals surface area contributed by atoms with Crippen LogP contribution in [-0.4, -0.2) is 20.0 Å². The molecule has 0 saturated heterocycles. The summed E-state index contributed by atoms with van der Waals surface area (Å²) in [6, 6.07) is 17.0. The Morgan fingerprint density at radius 1 is 1.09 bits per heavy atom. The van der Waals surface area contributed by atoms with E-state index in [-0.39, 0.29) is 5.57 Å². The van der Waals surface area contributed by atoms with Crippen LogP contribution in [0.4, 0.5) is 11.4 Å². The van der Waals surface area contributed by atoms with Gasteiger partial charge in [0.25, 0.3) is 5.91 Å². The van der Waals surface area contributed by atoms with E-state index in [4.69, 9.17) is 0 Å². The topological polar surface area (TPSA) is 56.1 Å². The minimum absolute atomic E-state index is 0.0746. The highest BCUT2D eigenvalue weighted by Crippen LogP contribution is 2.17. The van der Waals surface area contributed by atoms with Gasteiger partial charge in [-0.2, -0.15) is 5.26 Å². The number of hydrogen-bond donors (Lipinski definition) is 1. The molecule has 0 aliphatic heterocycles. The first-order valence-electron chi connectivity index (χ1n) is 7.27. The van der Waals surface area contributed by atoms with E-state index in [9.17, 15) is 10.1 Å². The van der Waals surface area contributed by atoms with Gasteiger partial charge in [-0.3, -0.25) is 4.79 Å². The van der Waals surface area contributed by atoms with E-state index in [1.165, 1.54) is 0 Å². The zero-order valence-electron chi connectivity index (χ0n) is 13.5. The van der Waals surface area contributed by atoms with Crippen molar-refractivity contribution in [2.75, 3.05) is 24.3 Å². The molecule has 4 nitrogen and oxygen atoms in total. The summed E-state index contributed by atoms with van der Waals surface area (Å²) in [5, 5.41) is 12.0. The normalized spacial score (nSPS) is 10.8. The molecule has 2 aromatic carbocycles. The molecule has 0 fully saturated rings. The van der Waals surface area contributed by atoms with Gasteiger partial charge in [0.05, 0.1) is 0 Å². The van der Waals surface area contributed by atoms with Gasteiger partial charge in [0.1, 0.15) is 11.6 Å². The molecule has 0 aliphatic rings. The van der Waals surface area contributed by atoms with Crippen LogP contribution in [0.1, 0.15) is 11.1 Å². The Morgan fingerprint density at radius 2 is 1.70 bits per heavy atom. The third kappa shape index (κ3) is 4.45. The number of nitrogens with zero attached hydrogens (tertiary/aromatic N) is 2. The van der Waals surface area contributed by atoms with E-state index >= 15 is 0 Å². The quantitative estimate of drug-likeness (QED) is 0.693. The molecule has 0 radical (unpaired) electrons. The monoisotopic (exact) mass is 305 g/mol. The Bertz CT molecular complexity index is 751. The van der Waals surface area contributed by atoms with Crippen molar-refractivity contribution in [2.24, 2.45) is 0 Å². The third-order valence-electron chi connectivity index (χ3n) is 3.40. The van der Waals surface area contributed by atoms with E-state index in [1.807, 2.05) is 80.5 Å². The van der Waals surface area contributed by atoms with E-state index < -0.39 is 5.91 Å². The zero-order chi connectivity index (χ0) is 16.8. The van der Waals surface area contributed by atoms with Gasteiger partial charge in [0, 0.05) is 25.5 Å². The van der Waals surface area contributed by atoms with E-state index in [2.05, 4.69) is 5.32 Å². The molecule has 0 atom stereocenters. The minimum atomic E-state index is -0.411. The number of carbonyl (C=O) groups excluding carboxylic acids is 1. The Morgan fingerprint density at radius 3 is 2.22 bits per heavy atom. The molecule has 0 unspecified atom stereocenters. The number of carbonyl (C=O) groups is 1. The zero-order valence-corrected chi connectivity index (χ0v) is 13.5. The maximum Gasteiger partial charge on any atom is 0.266 e. The molecule has 0 aromatic heterocycles. The minimum Gasteiger partial charge on any atom is -0.378 e. The van der Waals surface area contributed by atoms with Gasteiger partial charge in [0.2, 0.25) is 0 Å². The fourth-order valence-corrected chi connectivity index (χ4v) is 2.02. The molecule has 4 heteroatoms. The molecule has 0 saturated carbocycles. The smallest absolute Gasteiger partial charge is 0.266 e. The van der Waals surface area contributed by atoms with E-state index in [0.29, 0.717) is 5.69 Å². The highest BCUT2D eigenvalue weighted by Gasteiger charge is 2.09. The molecule has 1 N–H and O–H groups in total. The van der Waals surface area contributed by atoms with Crippen LogP contribution in [0.2, 0.25) is 0 Å². The van der Waals surface area contributed by atoms with Crippen LogP contribution in [0.3, 0.4) is 0 Å². The standard InChI is InChI=1S/C19H19N3O/c1-14-4-6-15(7-5-14)12-16(13-20)19(23)21-17-8-10-18(11-9-17)22(2)3/h4-12H,1-3H3,(H,21,23). The Balaban J connectivity index is 2.14. The second kappa shape index (κ2) is 7.28. The largest absolute Gasteiger partial charge is 0.378 e. The Kier molecular flexibility index (Phi) is 5.16. The van der Waals surface area contributed by atoms with Gasteiger partial charge < -0.3 is 10.2 Å². The molecule has 2 aromatic rings. The third-order valence-corrected chi connectivity index (χ3v) is 3.40. The second-order valence-corrected chi connectivity index (χ2v) is 5.48. The van der Waals surface area contributed by atoms with Gasteiger partial charge in [-0.25, -0.2) is 0 Å². The van der Waals surface area contributed by atoms with Gasteiger partial charge in [-0.05, 0) is 42.8 Å².